The molecular formula is C14H22N4O2. The average molecular weight is 278 g/mol. The summed E-state index contributed by atoms with van der Waals surface area (Å²) in [6.07, 6.45) is 5.48. The number of piperidine rings is 1. The summed E-state index contributed by atoms with van der Waals surface area (Å²) in [4.78, 5) is 23.9. The van der Waals surface area contributed by atoms with E-state index in [-0.39, 0.29) is 11.8 Å². The number of unbranched alkanes of at least 4 members (excludes halogenated alkanes) is 1. The smallest absolute Gasteiger partial charge is 0.255 e. The minimum absolute atomic E-state index is 0.0966. The Balaban J connectivity index is 2.01. The fourth-order valence-corrected chi connectivity index (χ4v) is 2.32. The van der Waals surface area contributed by atoms with Gasteiger partial charge in [-0.3, -0.25) is 14.3 Å². The lowest BCUT2D eigenvalue weighted by molar-refractivity contribution is -0.124. The topological polar surface area (TPSA) is 76.0 Å². The first-order valence-corrected chi connectivity index (χ1v) is 7.24. The van der Waals surface area contributed by atoms with Crippen molar-refractivity contribution < 1.29 is 9.59 Å². The Morgan fingerprint density at radius 1 is 1.60 bits per heavy atom. The van der Waals surface area contributed by atoms with Gasteiger partial charge in [0, 0.05) is 19.3 Å². The zero-order valence-corrected chi connectivity index (χ0v) is 12.1. The van der Waals surface area contributed by atoms with Crippen LogP contribution in [0.4, 0.5) is 0 Å². The Labute approximate surface area is 118 Å². The molecular weight excluding hydrogens is 256 g/mol. The molecule has 2 N–H and O–H groups in total. The van der Waals surface area contributed by atoms with Crippen molar-refractivity contribution in [2.75, 3.05) is 6.54 Å². The van der Waals surface area contributed by atoms with Crippen LogP contribution in [0.2, 0.25) is 0 Å². The van der Waals surface area contributed by atoms with E-state index in [0.717, 1.165) is 25.8 Å². The number of nitrogens with one attached hydrogen (secondary N) is 2. The number of nitrogens with zero attached hydrogens (tertiary/aromatic N) is 2. The highest BCUT2D eigenvalue weighted by atomic mass is 16.2. The number of carbonyl (C=O) groups excluding carboxylic acids is 2. The van der Waals surface area contributed by atoms with Gasteiger partial charge in [-0.05, 0) is 26.2 Å². The number of aryl methyl sites for hydroxylation is 2. The maximum Gasteiger partial charge on any atom is 0.255 e. The number of amides is 2. The second-order valence-electron chi connectivity index (χ2n) is 5.20. The van der Waals surface area contributed by atoms with Gasteiger partial charge >= 0.3 is 0 Å². The molecule has 0 aromatic carbocycles. The molecule has 1 aromatic rings. The van der Waals surface area contributed by atoms with Gasteiger partial charge in [-0.25, -0.2) is 0 Å². The molecule has 1 saturated heterocycles. The highest BCUT2D eigenvalue weighted by Crippen LogP contribution is 2.09. The van der Waals surface area contributed by atoms with Crippen molar-refractivity contribution in [1.29, 1.82) is 0 Å². The van der Waals surface area contributed by atoms with Crippen LogP contribution in [0.3, 0.4) is 0 Å². The van der Waals surface area contributed by atoms with E-state index in [0.29, 0.717) is 24.2 Å². The van der Waals surface area contributed by atoms with Crippen LogP contribution in [0.1, 0.15) is 48.7 Å². The lowest BCUT2D eigenvalue weighted by atomic mass is 10.1. The predicted octanol–water partition coefficient (Wildman–Crippen LogP) is 1.00. The molecule has 0 radical (unpaired) electrons. The highest BCUT2D eigenvalue weighted by molar-refractivity contribution is 5.98. The minimum Gasteiger partial charge on any atom is -0.354 e. The van der Waals surface area contributed by atoms with Crippen molar-refractivity contribution in [3.63, 3.8) is 0 Å². The lowest BCUT2D eigenvalue weighted by Crippen LogP contribution is -2.50. The van der Waals surface area contributed by atoms with Crippen LogP contribution >= 0.6 is 0 Å². The second kappa shape index (κ2) is 6.54. The molecule has 110 valence electrons. The molecule has 1 aliphatic rings. The van der Waals surface area contributed by atoms with Gasteiger partial charge in [-0.15, -0.1) is 0 Å². The molecule has 2 heterocycles. The van der Waals surface area contributed by atoms with Crippen LogP contribution in [-0.2, 0) is 11.3 Å². The summed E-state index contributed by atoms with van der Waals surface area (Å²) in [5.74, 6) is -0.312. The molecule has 2 amide bonds. The number of carbonyl (C=O) groups is 2. The van der Waals surface area contributed by atoms with E-state index >= 15 is 0 Å². The second-order valence-corrected chi connectivity index (χ2v) is 5.20. The number of rotatable bonds is 5. The van der Waals surface area contributed by atoms with Crippen molar-refractivity contribution in [2.24, 2.45) is 0 Å². The summed E-state index contributed by atoms with van der Waals surface area (Å²) in [5, 5.41) is 9.89. The van der Waals surface area contributed by atoms with Crippen molar-refractivity contribution in [2.45, 2.75) is 52.1 Å². The largest absolute Gasteiger partial charge is 0.354 e. The van der Waals surface area contributed by atoms with Gasteiger partial charge in [0.25, 0.3) is 5.91 Å². The monoisotopic (exact) mass is 278 g/mol. The van der Waals surface area contributed by atoms with Gasteiger partial charge in [0.05, 0.1) is 11.3 Å². The van der Waals surface area contributed by atoms with E-state index in [9.17, 15) is 9.59 Å². The fraction of sp³-hybridized carbons (Fsp3) is 0.643. The Hall–Kier alpha value is -1.85. The van der Waals surface area contributed by atoms with E-state index in [1.807, 2.05) is 6.92 Å². The SMILES string of the molecule is CCCCn1cc(C(=O)N[C@H]2CCCNC2=O)c(C)n1. The first-order valence-electron chi connectivity index (χ1n) is 7.24. The Morgan fingerprint density at radius 2 is 2.40 bits per heavy atom. The minimum atomic E-state index is -0.422. The van der Waals surface area contributed by atoms with E-state index in [1.54, 1.807) is 10.9 Å². The summed E-state index contributed by atoms with van der Waals surface area (Å²) >= 11 is 0. The highest BCUT2D eigenvalue weighted by Gasteiger charge is 2.25. The van der Waals surface area contributed by atoms with Crippen molar-refractivity contribution in [3.05, 3.63) is 17.5 Å². The van der Waals surface area contributed by atoms with Crippen molar-refractivity contribution in [3.8, 4) is 0 Å². The summed E-state index contributed by atoms with van der Waals surface area (Å²) in [6, 6.07) is -0.422. The van der Waals surface area contributed by atoms with Crippen LogP contribution in [0.15, 0.2) is 6.20 Å². The maximum absolute atomic E-state index is 12.2. The number of hydrogen-bond acceptors (Lipinski definition) is 3. The third kappa shape index (κ3) is 3.37. The zero-order chi connectivity index (χ0) is 14.5. The van der Waals surface area contributed by atoms with Gasteiger partial charge in [0.1, 0.15) is 6.04 Å². The van der Waals surface area contributed by atoms with Gasteiger partial charge in [-0.1, -0.05) is 13.3 Å². The molecule has 1 atom stereocenters. The summed E-state index contributed by atoms with van der Waals surface area (Å²) in [7, 11) is 0. The quantitative estimate of drug-likeness (QED) is 0.843. The Bertz CT molecular complexity index is 495. The maximum atomic E-state index is 12.2. The lowest BCUT2D eigenvalue weighted by Gasteiger charge is -2.22. The zero-order valence-electron chi connectivity index (χ0n) is 12.1. The third-order valence-electron chi connectivity index (χ3n) is 3.52. The van der Waals surface area contributed by atoms with Gasteiger partial charge in [-0.2, -0.15) is 5.10 Å². The van der Waals surface area contributed by atoms with Crippen LogP contribution in [-0.4, -0.2) is 34.2 Å². The van der Waals surface area contributed by atoms with Crippen LogP contribution in [0.5, 0.6) is 0 Å². The molecule has 0 aliphatic carbocycles. The molecule has 20 heavy (non-hydrogen) atoms. The van der Waals surface area contributed by atoms with E-state index in [2.05, 4.69) is 22.7 Å². The Kier molecular flexibility index (Phi) is 4.76. The molecule has 6 nitrogen and oxygen atoms in total. The van der Waals surface area contributed by atoms with E-state index in [1.165, 1.54) is 0 Å². The van der Waals surface area contributed by atoms with E-state index < -0.39 is 6.04 Å². The summed E-state index contributed by atoms with van der Waals surface area (Å²) in [6.45, 7) is 5.44. The molecule has 1 fully saturated rings. The first kappa shape index (κ1) is 14.6. The molecule has 0 bridgehead atoms. The van der Waals surface area contributed by atoms with Gasteiger partial charge in [0.15, 0.2) is 0 Å². The van der Waals surface area contributed by atoms with Crippen LogP contribution in [0.25, 0.3) is 0 Å². The van der Waals surface area contributed by atoms with Crippen LogP contribution in [0, 0.1) is 6.92 Å². The number of aromatic nitrogens is 2. The fourth-order valence-electron chi connectivity index (χ4n) is 2.32. The third-order valence-corrected chi connectivity index (χ3v) is 3.52. The number of hydrogen-bond donors (Lipinski definition) is 2. The van der Waals surface area contributed by atoms with Gasteiger partial charge < -0.3 is 10.6 Å². The van der Waals surface area contributed by atoms with Gasteiger partial charge in [0.2, 0.25) is 5.91 Å². The predicted molar refractivity (Wildman–Crippen MR) is 75.4 cm³/mol. The standard InChI is InChI=1S/C14H22N4O2/c1-3-4-8-18-9-11(10(2)17-18)13(19)16-12-6-5-7-15-14(12)20/h9,12H,3-8H2,1-2H3,(H,15,20)(H,16,19)/t12-/m0/s1. The Morgan fingerprint density at radius 3 is 3.10 bits per heavy atom. The summed E-state index contributed by atoms with van der Waals surface area (Å²) < 4.78 is 1.80. The molecule has 0 saturated carbocycles. The van der Waals surface area contributed by atoms with E-state index in [4.69, 9.17) is 0 Å². The average Bonchev–Trinajstić information content (AvgIpc) is 2.80. The molecule has 6 heteroatoms. The van der Waals surface area contributed by atoms with Crippen LogP contribution < -0.4 is 10.6 Å². The van der Waals surface area contributed by atoms with Crippen molar-refractivity contribution in [1.82, 2.24) is 20.4 Å². The molecule has 1 aromatic heterocycles. The van der Waals surface area contributed by atoms with Crippen molar-refractivity contribution >= 4 is 11.8 Å². The molecule has 0 unspecified atom stereocenters. The molecule has 0 spiro atoms. The first-order chi connectivity index (χ1) is 9.61. The summed E-state index contributed by atoms with van der Waals surface area (Å²) in [5.41, 5.74) is 1.26. The normalized spacial score (nSPS) is 18.7. The molecule has 2 rings (SSSR count). The molecule has 1 aliphatic heterocycles.